The number of aryl methyl sites for hydroxylation is 6. The Labute approximate surface area is 289 Å². The Hall–Kier alpha value is -4.72. The number of aromatic amines is 2. The maximum Gasteiger partial charge on any atom is 0.497 e. The van der Waals surface area contributed by atoms with Crippen LogP contribution in [0.2, 0.25) is 0 Å². The second-order valence-electron chi connectivity index (χ2n) is 15.1. The molecule has 1 saturated heterocycles. The summed E-state index contributed by atoms with van der Waals surface area (Å²) in [6.45, 7) is 21.4. The molecule has 7 heteroatoms. The van der Waals surface area contributed by atoms with Crippen molar-refractivity contribution in [2.75, 3.05) is 0 Å². The first kappa shape index (κ1) is 31.5. The van der Waals surface area contributed by atoms with Gasteiger partial charge in [0.1, 0.15) is 0 Å². The molecule has 0 amide bonds. The maximum atomic E-state index is 6.73. The first-order valence-corrected chi connectivity index (χ1v) is 17.2. The summed E-state index contributed by atoms with van der Waals surface area (Å²) in [5.41, 5.74) is 19.0. The van der Waals surface area contributed by atoms with Gasteiger partial charge in [-0.05, 0) is 145 Å². The summed E-state index contributed by atoms with van der Waals surface area (Å²) in [7, 11) is -0.579. The zero-order chi connectivity index (χ0) is 34.6. The molecule has 0 spiro atoms. The summed E-state index contributed by atoms with van der Waals surface area (Å²) in [5, 5.41) is 0. The molecule has 246 valence electrons. The zero-order valence-electron chi connectivity index (χ0n) is 30.1. The van der Waals surface area contributed by atoms with Crippen LogP contribution in [0.4, 0.5) is 0 Å². The molecular weight excluding hydrogens is 603 g/mol. The van der Waals surface area contributed by atoms with E-state index in [9.17, 15) is 0 Å². The van der Waals surface area contributed by atoms with Crippen LogP contribution in [0.3, 0.4) is 0 Å². The van der Waals surface area contributed by atoms with Gasteiger partial charge in [0.05, 0.1) is 45.4 Å². The average Bonchev–Trinajstić information content (AvgIpc) is 3.83. The minimum atomic E-state index is -0.579. The number of hydrogen-bond donors (Lipinski definition) is 2. The smallest absolute Gasteiger partial charge is 0.399 e. The fourth-order valence-corrected chi connectivity index (χ4v) is 7.90. The van der Waals surface area contributed by atoms with Gasteiger partial charge in [-0.15, -0.1) is 0 Å². The van der Waals surface area contributed by atoms with Crippen molar-refractivity contribution in [1.82, 2.24) is 9.97 Å². The SMILES string of the molecule is Cc1cc(C)c(C2=C3C=CC(=N3)C3=NC(=C(c4c(C)cc(C)cc4C)c4[nH]c(cc4B4OC(C)(C)C(C)(C)O4)-c4ccc2[nH]4)C=C3)c(C)c1. The van der Waals surface area contributed by atoms with Crippen LogP contribution in [0.5, 0.6) is 0 Å². The van der Waals surface area contributed by atoms with Crippen LogP contribution >= 0.6 is 0 Å². The summed E-state index contributed by atoms with van der Waals surface area (Å²) in [6.07, 6.45) is 8.43. The number of nitrogens with one attached hydrogen (secondary N) is 2. The van der Waals surface area contributed by atoms with E-state index >= 15 is 0 Å². The molecule has 2 N–H and O–H groups in total. The topological polar surface area (TPSA) is 74.8 Å². The van der Waals surface area contributed by atoms with E-state index in [2.05, 4.69) is 146 Å². The van der Waals surface area contributed by atoms with E-state index in [-0.39, 0.29) is 0 Å². The number of hydrogen-bond acceptors (Lipinski definition) is 4. The van der Waals surface area contributed by atoms with Crippen LogP contribution in [0.25, 0.3) is 22.5 Å². The van der Waals surface area contributed by atoms with Gasteiger partial charge in [-0.25, -0.2) is 9.98 Å². The fourth-order valence-electron chi connectivity index (χ4n) is 7.90. The Balaban J connectivity index is 1.44. The molecule has 4 aliphatic heterocycles. The molecule has 49 heavy (non-hydrogen) atoms. The van der Waals surface area contributed by atoms with E-state index in [1.54, 1.807) is 0 Å². The molecule has 4 aliphatic rings. The van der Waals surface area contributed by atoms with E-state index in [0.717, 1.165) is 67.8 Å². The molecule has 0 aliphatic carbocycles. The van der Waals surface area contributed by atoms with Gasteiger partial charge in [-0.1, -0.05) is 35.4 Å². The minimum Gasteiger partial charge on any atom is -0.399 e. The lowest BCUT2D eigenvalue weighted by atomic mass is 9.75. The number of H-pyrrole nitrogens is 2. The predicted molar refractivity (Wildman–Crippen MR) is 203 cm³/mol. The number of nitrogens with zero attached hydrogens (tertiary/aromatic N) is 2. The molecule has 6 heterocycles. The quantitative estimate of drug-likeness (QED) is 0.219. The van der Waals surface area contributed by atoms with Crippen molar-refractivity contribution in [2.24, 2.45) is 9.98 Å². The molecule has 0 unspecified atom stereocenters. The number of rotatable bonds is 3. The molecule has 4 aromatic rings. The summed E-state index contributed by atoms with van der Waals surface area (Å²) < 4.78 is 13.5. The normalized spacial score (nSPS) is 18.9. The molecule has 0 atom stereocenters. The highest BCUT2D eigenvalue weighted by molar-refractivity contribution is 6.63. The van der Waals surface area contributed by atoms with Crippen LogP contribution in [0.15, 0.2) is 88.1 Å². The van der Waals surface area contributed by atoms with Crippen molar-refractivity contribution in [2.45, 2.75) is 80.4 Å². The molecule has 2 aromatic heterocycles. The van der Waals surface area contributed by atoms with E-state index < -0.39 is 18.3 Å². The fraction of sp³-hybridized carbons (Fsp3) is 0.286. The monoisotopic (exact) mass is 646 g/mol. The van der Waals surface area contributed by atoms with Crippen molar-refractivity contribution >= 4 is 35.2 Å². The van der Waals surface area contributed by atoms with Crippen LogP contribution in [-0.4, -0.2) is 39.7 Å². The number of benzene rings is 2. The molecular formula is C42H43BN4O2. The average molecular weight is 647 g/mol. The third kappa shape index (κ3) is 5.02. The van der Waals surface area contributed by atoms with Crippen LogP contribution in [0, 0.1) is 41.5 Å². The summed E-state index contributed by atoms with van der Waals surface area (Å²) in [6, 6.07) is 15.5. The molecule has 0 saturated carbocycles. The predicted octanol–water partition coefficient (Wildman–Crippen LogP) is 8.71. The Morgan fingerprint density at radius 1 is 0.551 bits per heavy atom. The van der Waals surface area contributed by atoms with E-state index in [1.807, 2.05) is 0 Å². The number of aromatic nitrogens is 2. The summed E-state index contributed by atoms with van der Waals surface area (Å²) in [5.74, 6) is 0. The van der Waals surface area contributed by atoms with Gasteiger partial charge < -0.3 is 19.3 Å². The summed E-state index contributed by atoms with van der Waals surface area (Å²) >= 11 is 0. The third-order valence-electron chi connectivity index (χ3n) is 10.8. The van der Waals surface area contributed by atoms with Crippen LogP contribution in [0.1, 0.15) is 83.6 Å². The van der Waals surface area contributed by atoms with Crippen molar-refractivity contribution in [1.29, 1.82) is 0 Å². The number of fused-ring (bicyclic) bond motifs is 8. The standard InChI is InChI=1S/C42H43BN4O2/c1-22-17-24(3)36(25(4)18-22)38-32-14-11-29(44-32)30-12-16-34(45-30)39(37-26(5)19-23(2)20-27(37)6)40-28(43-48-41(7,8)42(9,10)49-43)21-35(47-40)31-13-15-33(38)46-31/h11-21,46-47H,1-10H3. The highest BCUT2D eigenvalue weighted by Crippen LogP contribution is 2.41. The van der Waals surface area contributed by atoms with E-state index in [0.29, 0.717) is 0 Å². The molecule has 8 rings (SSSR count). The highest BCUT2D eigenvalue weighted by Gasteiger charge is 2.53. The summed E-state index contributed by atoms with van der Waals surface area (Å²) in [4.78, 5) is 18.2. The van der Waals surface area contributed by atoms with E-state index in [4.69, 9.17) is 19.3 Å². The maximum absolute atomic E-state index is 6.73. The Morgan fingerprint density at radius 3 is 1.55 bits per heavy atom. The second kappa shape index (κ2) is 10.9. The third-order valence-corrected chi connectivity index (χ3v) is 10.8. The van der Waals surface area contributed by atoms with Gasteiger partial charge in [-0.3, -0.25) is 0 Å². The van der Waals surface area contributed by atoms with Crippen molar-refractivity contribution in [3.63, 3.8) is 0 Å². The molecule has 6 nitrogen and oxygen atoms in total. The first-order chi connectivity index (χ1) is 23.2. The second-order valence-corrected chi connectivity index (χ2v) is 15.1. The highest BCUT2D eigenvalue weighted by atomic mass is 16.7. The molecule has 8 bridgehead atoms. The van der Waals surface area contributed by atoms with Crippen LogP contribution < -0.4 is 5.46 Å². The lowest BCUT2D eigenvalue weighted by Crippen LogP contribution is -2.41. The Kier molecular flexibility index (Phi) is 7.01. The first-order valence-electron chi connectivity index (χ1n) is 17.2. The van der Waals surface area contributed by atoms with Gasteiger partial charge in [0, 0.05) is 28.0 Å². The molecule has 2 aromatic carbocycles. The lowest BCUT2D eigenvalue weighted by molar-refractivity contribution is 0.00578. The minimum absolute atomic E-state index is 0.499. The van der Waals surface area contributed by atoms with Gasteiger partial charge in [-0.2, -0.15) is 0 Å². The van der Waals surface area contributed by atoms with Gasteiger partial charge in [0.15, 0.2) is 0 Å². The van der Waals surface area contributed by atoms with Gasteiger partial charge in [0.25, 0.3) is 0 Å². The Morgan fingerprint density at radius 2 is 1.02 bits per heavy atom. The molecule has 0 radical (unpaired) electrons. The van der Waals surface area contributed by atoms with Crippen molar-refractivity contribution < 1.29 is 9.31 Å². The van der Waals surface area contributed by atoms with Crippen LogP contribution in [-0.2, 0) is 9.31 Å². The van der Waals surface area contributed by atoms with Crippen molar-refractivity contribution in [3.8, 4) is 11.4 Å². The Bertz CT molecular complexity index is 2240. The zero-order valence-corrected chi connectivity index (χ0v) is 30.1. The van der Waals surface area contributed by atoms with Crippen molar-refractivity contribution in [3.05, 3.63) is 134 Å². The number of aliphatic imine (C=N–C) groups is 2. The van der Waals surface area contributed by atoms with E-state index in [1.165, 1.54) is 38.9 Å². The molecule has 1 fully saturated rings. The largest absolute Gasteiger partial charge is 0.497 e. The van der Waals surface area contributed by atoms with Gasteiger partial charge >= 0.3 is 7.12 Å². The lowest BCUT2D eigenvalue weighted by Gasteiger charge is -2.32. The van der Waals surface area contributed by atoms with Gasteiger partial charge in [0.2, 0.25) is 0 Å². The number of allylic oxidation sites excluding steroid dienone is 4.